The van der Waals surface area contributed by atoms with E-state index in [9.17, 15) is 4.79 Å². The van der Waals surface area contributed by atoms with Crippen molar-refractivity contribution in [2.75, 3.05) is 6.61 Å². The predicted molar refractivity (Wildman–Crippen MR) is 99.9 cm³/mol. The molecule has 0 aliphatic rings. The number of hydrogen-bond donors (Lipinski definition) is 0. The number of benzene rings is 2. The molecule has 0 amide bonds. The van der Waals surface area contributed by atoms with Crippen LogP contribution in [0.15, 0.2) is 65.1 Å². The van der Waals surface area contributed by atoms with Gasteiger partial charge in [0.05, 0.1) is 6.61 Å². The fraction of sp³-hybridized carbons (Fsp3) is 0.250. The monoisotopic (exact) mass is 388 g/mol. The lowest BCUT2D eigenvalue weighted by Gasteiger charge is -2.17. The van der Waals surface area contributed by atoms with Crippen LogP contribution < -0.4 is 4.74 Å². The standard InChI is InChI=1S/C20H21BrO3/c1-2-23-20(22)19(24-18-14-12-17(21)13-15-18)11-7-6-10-16-8-4-3-5-9-16/h3-6,8-10,12-15,19H,2,7,11H2,1H3/b10-6+. The van der Waals surface area contributed by atoms with Crippen molar-refractivity contribution in [1.82, 2.24) is 0 Å². The van der Waals surface area contributed by atoms with Gasteiger partial charge in [0, 0.05) is 4.47 Å². The number of halogens is 1. The molecule has 126 valence electrons. The highest BCUT2D eigenvalue weighted by Gasteiger charge is 2.21. The van der Waals surface area contributed by atoms with E-state index >= 15 is 0 Å². The van der Waals surface area contributed by atoms with E-state index < -0.39 is 6.10 Å². The largest absolute Gasteiger partial charge is 0.479 e. The van der Waals surface area contributed by atoms with Crippen LogP contribution in [0.25, 0.3) is 6.08 Å². The summed E-state index contributed by atoms with van der Waals surface area (Å²) in [5, 5.41) is 0. The Hall–Kier alpha value is -2.07. The van der Waals surface area contributed by atoms with Crippen LogP contribution in [-0.4, -0.2) is 18.7 Å². The smallest absolute Gasteiger partial charge is 0.347 e. The van der Waals surface area contributed by atoms with Crippen LogP contribution in [0, 0.1) is 0 Å². The third kappa shape index (κ3) is 6.20. The molecule has 2 aromatic rings. The molecule has 24 heavy (non-hydrogen) atoms. The molecule has 0 aliphatic heterocycles. The van der Waals surface area contributed by atoms with E-state index in [1.165, 1.54) is 0 Å². The minimum Gasteiger partial charge on any atom is -0.479 e. The van der Waals surface area contributed by atoms with Gasteiger partial charge in [-0.2, -0.15) is 0 Å². The first-order valence-corrected chi connectivity index (χ1v) is 8.79. The van der Waals surface area contributed by atoms with Crippen molar-refractivity contribution in [1.29, 1.82) is 0 Å². The predicted octanol–water partition coefficient (Wildman–Crippen LogP) is 5.25. The molecule has 0 saturated carbocycles. The first-order valence-electron chi connectivity index (χ1n) is 7.99. The molecule has 0 saturated heterocycles. The molecule has 0 heterocycles. The fourth-order valence-electron chi connectivity index (χ4n) is 2.17. The van der Waals surface area contributed by atoms with Crippen molar-refractivity contribution in [3.63, 3.8) is 0 Å². The number of carbonyl (C=O) groups is 1. The summed E-state index contributed by atoms with van der Waals surface area (Å²) >= 11 is 3.38. The minimum absolute atomic E-state index is 0.325. The maximum Gasteiger partial charge on any atom is 0.347 e. The summed E-state index contributed by atoms with van der Waals surface area (Å²) in [7, 11) is 0. The summed E-state index contributed by atoms with van der Waals surface area (Å²) in [5.74, 6) is 0.330. The number of allylic oxidation sites excluding steroid dienone is 1. The van der Waals surface area contributed by atoms with Gasteiger partial charge in [0.2, 0.25) is 0 Å². The Kier molecular flexibility index (Phi) is 7.56. The molecule has 2 rings (SSSR count). The Morgan fingerprint density at radius 3 is 2.50 bits per heavy atom. The number of carbonyl (C=O) groups excluding carboxylic acids is 1. The summed E-state index contributed by atoms with van der Waals surface area (Å²) < 4.78 is 11.9. The van der Waals surface area contributed by atoms with Gasteiger partial charge in [-0.1, -0.05) is 58.4 Å². The number of hydrogen-bond acceptors (Lipinski definition) is 3. The molecular weight excluding hydrogens is 368 g/mol. The van der Waals surface area contributed by atoms with Crippen LogP contribution in [-0.2, 0) is 9.53 Å². The van der Waals surface area contributed by atoms with Crippen LogP contribution in [0.2, 0.25) is 0 Å². The zero-order valence-electron chi connectivity index (χ0n) is 13.7. The van der Waals surface area contributed by atoms with E-state index in [0.29, 0.717) is 18.8 Å². The van der Waals surface area contributed by atoms with Crippen LogP contribution >= 0.6 is 15.9 Å². The average molecular weight is 389 g/mol. The van der Waals surface area contributed by atoms with Crippen molar-refractivity contribution in [3.8, 4) is 5.75 Å². The van der Waals surface area contributed by atoms with Crippen molar-refractivity contribution >= 4 is 28.0 Å². The molecule has 0 fully saturated rings. The van der Waals surface area contributed by atoms with Gasteiger partial charge in [-0.25, -0.2) is 4.79 Å². The molecule has 1 unspecified atom stereocenters. The molecular formula is C20H21BrO3. The second-order valence-corrected chi connectivity index (χ2v) is 6.12. The maximum atomic E-state index is 12.1. The van der Waals surface area contributed by atoms with Gasteiger partial charge in [0.15, 0.2) is 6.10 Å². The first-order chi connectivity index (χ1) is 11.7. The molecule has 0 bridgehead atoms. The Balaban J connectivity index is 1.94. The zero-order valence-corrected chi connectivity index (χ0v) is 15.2. The first kappa shape index (κ1) is 18.3. The molecule has 0 aromatic heterocycles. The van der Waals surface area contributed by atoms with Gasteiger partial charge in [0.25, 0.3) is 0 Å². The number of esters is 1. The van der Waals surface area contributed by atoms with Gasteiger partial charge < -0.3 is 9.47 Å². The molecule has 3 nitrogen and oxygen atoms in total. The van der Waals surface area contributed by atoms with Crippen LogP contribution in [0.1, 0.15) is 25.3 Å². The lowest BCUT2D eigenvalue weighted by Crippen LogP contribution is -2.29. The van der Waals surface area contributed by atoms with Gasteiger partial charge in [-0.3, -0.25) is 0 Å². The normalized spacial score (nSPS) is 12.1. The molecule has 2 aromatic carbocycles. The second kappa shape index (κ2) is 9.93. The van der Waals surface area contributed by atoms with E-state index in [1.54, 1.807) is 6.92 Å². The Labute approximate surface area is 151 Å². The average Bonchev–Trinajstić information content (AvgIpc) is 2.60. The van der Waals surface area contributed by atoms with E-state index in [1.807, 2.05) is 66.7 Å². The number of ether oxygens (including phenoxy) is 2. The van der Waals surface area contributed by atoms with Crippen LogP contribution in [0.4, 0.5) is 0 Å². The SMILES string of the molecule is CCOC(=O)C(CC/C=C/c1ccccc1)Oc1ccc(Br)cc1. The second-order valence-electron chi connectivity index (χ2n) is 5.20. The van der Waals surface area contributed by atoms with Crippen LogP contribution in [0.5, 0.6) is 5.75 Å². The summed E-state index contributed by atoms with van der Waals surface area (Å²) in [4.78, 5) is 12.1. The minimum atomic E-state index is -0.605. The van der Waals surface area contributed by atoms with Crippen molar-refractivity contribution in [2.45, 2.75) is 25.9 Å². The van der Waals surface area contributed by atoms with Crippen molar-refractivity contribution < 1.29 is 14.3 Å². The van der Waals surface area contributed by atoms with Crippen LogP contribution in [0.3, 0.4) is 0 Å². The van der Waals surface area contributed by atoms with Crippen molar-refractivity contribution in [3.05, 3.63) is 70.7 Å². The highest BCUT2D eigenvalue weighted by atomic mass is 79.9. The molecule has 0 radical (unpaired) electrons. The molecule has 0 N–H and O–H groups in total. The third-order valence-corrected chi connectivity index (χ3v) is 3.88. The highest BCUT2D eigenvalue weighted by Crippen LogP contribution is 2.19. The van der Waals surface area contributed by atoms with E-state index in [0.717, 1.165) is 16.5 Å². The molecule has 4 heteroatoms. The molecule has 1 atom stereocenters. The van der Waals surface area contributed by atoms with Gasteiger partial charge in [0.1, 0.15) is 5.75 Å². The highest BCUT2D eigenvalue weighted by molar-refractivity contribution is 9.10. The van der Waals surface area contributed by atoms with E-state index in [-0.39, 0.29) is 5.97 Å². The maximum absolute atomic E-state index is 12.1. The van der Waals surface area contributed by atoms with E-state index in [4.69, 9.17) is 9.47 Å². The van der Waals surface area contributed by atoms with Crippen molar-refractivity contribution in [2.24, 2.45) is 0 Å². The summed E-state index contributed by atoms with van der Waals surface area (Å²) in [5.41, 5.74) is 1.14. The van der Waals surface area contributed by atoms with Gasteiger partial charge >= 0.3 is 5.97 Å². The topological polar surface area (TPSA) is 35.5 Å². The van der Waals surface area contributed by atoms with E-state index in [2.05, 4.69) is 15.9 Å². The lowest BCUT2D eigenvalue weighted by molar-refractivity contribution is -0.151. The quantitative estimate of drug-likeness (QED) is 0.579. The lowest BCUT2D eigenvalue weighted by atomic mass is 10.1. The number of rotatable bonds is 8. The molecule has 0 spiro atoms. The third-order valence-electron chi connectivity index (χ3n) is 3.35. The van der Waals surface area contributed by atoms with Gasteiger partial charge in [-0.05, 0) is 49.6 Å². The summed E-state index contributed by atoms with van der Waals surface area (Å²) in [6.45, 7) is 2.14. The Bertz CT molecular complexity index is 650. The zero-order chi connectivity index (χ0) is 17.2. The van der Waals surface area contributed by atoms with Gasteiger partial charge in [-0.15, -0.1) is 0 Å². The Morgan fingerprint density at radius 1 is 1.12 bits per heavy atom. The summed E-state index contributed by atoms with van der Waals surface area (Å²) in [6, 6.07) is 17.5. The summed E-state index contributed by atoms with van der Waals surface area (Å²) in [6.07, 6.45) is 4.79. The fourth-order valence-corrected chi connectivity index (χ4v) is 2.43. The Morgan fingerprint density at radius 2 is 1.83 bits per heavy atom. The molecule has 0 aliphatic carbocycles.